The summed E-state index contributed by atoms with van der Waals surface area (Å²) < 4.78 is 22.9. The second-order valence-corrected chi connectivity index (χ2v) is 7.21. The zero-order chi connectivity index (χ0) is 21.0. The summed E-state index contributed by atoms with van der Waals surface area (Å²) in [7, 11) is 0. The predicted octanol–water partition coefficient (Wildman–Crippen LogP) is 3.84. The Kier molecular flexibility index (Phi) is 9.00. The highest BCUT2D eigenvalue weighted by atomic mass is 16.5. The molecule has 6 nitrogen and oxygen atoms in total. The van der Waals surface area contributed by atoms with Gasteiger partial charge >= 0.3 is 0 Å². The number of ether oxygens (including phenoxy) is 4. The molecular weight excluding hydrogens is 382 g/mol. The zero-order valence-corrected chi connectivity index (χ0v) is 17.7. The van der Waals surface area contributed by atoms with Gasteiger partial charge in [0.25, 0.3) is 0 Å². The second kappa shape index (κ2) is 12.2. The number of unbranched alkanes of at least 4 members (excludes halogenated alkanes) is 1. The van der Waals surface area contributed by atoms with E-state index in [4.69, 9.17) is 18.9 Å². The fourth-order valence-electron chi connectivity index (χ4n) is 3.30. The largest absolute Gasteiger partial charge is 0.494 e. The maximum Gasteiger partial charge on any atom is 0.167 e. The predicted molar refractivity (Wildman–Crippen MR) is 116 cm³/mol. The molecule has 0 bridgehead atoms. The van der Waals surface area contributed by atoms with Gasteiger partial charge in [-0.05, 0) is 44.0 Å². The molecule has 0 amide bonds. The monoisotopic (exact) mass is 413 g/mol. The van der Waals surface area contributed by atoms with Crippen molar-refractivity contribution in [3.8, 4) is 17.2 Å². The molecule has 162 valence electrons. The van der Waals surface area contributed by atoms with Crippen LogP contribution in [0.15, 0.2) is 48.5 Å². The molecule has 0 spiro atoms. The van der Waals surface area contributed by atoms with Gasteiger partial charge in [0.15, 0.2) is 5.78 Å². The Morgan fingerprint density at radius 3 is 2.17 bits per heavy atom. The molecule has 1 fully saturated rings. The lowest BCUT2D eigenvalue weighted by atomic mass is 10.1. The van der Waals surface area contributed by atoms with Gasteiger partial charge in [-0.2, -0.15) is 0 Å². The van der Waals surface area contributed by atoms with Crippen molar-refractivity contribution >= 4 is 5.78 Å². The summed E-state index contributed by atoms with van der Waals surface area (Å²) in [5, 5.41) is 0. The van der Waals surface area contributed by atoms with Crippen molar-refractivity contribution in [1.29, 1.82) is 0 Å². The summed E-state index contributed by atoms with van der Waals surface area (Å²) in [5.41, 5.74) is 0.514. The van der Waals surface area contributed by atoms with E-state index in [2.05, 4.69) is 4.90 Å². The van der Waals surface area contributed by atoms with Crippen molar-refractivity contribution in [2.45, 2.75) is 19.8 Å². The van der Waals surface area contributed by atoms with Gasteiger partial charge < -0.3 is 18.9 Å². The number of carbonyl (C=O) groups is 1. The molecule has 0 atom stereocenters. The van der Waals surface area contributed by atoms with Gasteiger partial charge in [0.1, 0.15) is 29.4 Å². The van der Waals surface area contributed by atoms with Crippen LogP contribution in [-0.2, 0) is 4.74 Å². The molecule has 30 heavy (non-hydrogen) atoms. The summed E-state index contributed by atoms with van der Waals surface area (Å²) in [6.07, 6.45) is 1.71. The number of Topliss-reactive ketones (excluding diaryl/α,β-unsaturated/α-hetero) is 1. The Bertz CT molecular complexity index is 774. The molecule has 1 saturated heterocycles. The lowest BCUT2D eigenvalue weighted by molar-refractivity contribution is 0.0322. The summed E-state index contributed by atoms with van der Waals surface area (Å²) in [6.45, 7) is 7.41. The van der Waals surface area contributed by atoms with Crippen LogP contribution < -0.4 is 14.2 Å². The lowest BCUT2D eigenvalue weighted by Crippen LogP contribution is -2.38. The summed E-state index contributed by atoms with van der Waals surface area (Å²) in [5.74, 6) is 1.98. The van der Waals surface area contributed by atoms with Crippen molar-refractivity contribution in [2.75, 3.05) is 52.7 Å². The fraction of sp³-hybridized carbons (Fsp3) is 0.458. The van der Waals surface area contributed by atoms with Gasteiger partial charge in [0.05, 0.1) is 26.4 Å². The summed E-state index contributed by atoms with van der Waals surface area (Å²) in [6, 6.07) is 15.3. The van der Waals surface area contributed by atoms with Gasteiger partial charge in [-0.25, -0.2) is 0 Å². The number of hydrogen-bond donors (Lipinski definition) is 0. The van der Waals surface area contributed by atoms with Crippen molar-refractivity contribution in [2.24, 2.45) is 0 Å². The standard InChI is InChI=1S/C24H31NO5/c1-20(26)24-22(29-16-6-5-15-28-21-8-3-2-4-9-21)10-7-11-23(24)30-19-14-25-12-17-27-18-13-25/h2-4,7-11H,5-6,12-19H2,1H3. The molecular formula is C24H31NO5. The molecule has 2 aromatic carbocycles. The first-order valence-corrected chi connectivity index (χ1v) is 10.6. The van der Waals surface area contributed by atoms with E-state index in [1.54, 1.807) is 6.92 Å². The van der Waals surface area contributed by atoms with Crippen molar-refractivity contribution < 1.29 is 23.7 Å². The highest BCUT2D eigenvalue weighted by molar-refractivity contribution is 5.99. The van der Waals surface area contributed by atoms with Crippen LogP contribution in [0.4, 0.5) is 0 Å². The summed E-state index contributed by atoms with van der Waals surface area (Å²) in [4.78, 5) is 14.5. The van der Waals surface area contributed by atoms with Crippen LogP contribution in [0.25, 0.3) is 0 Å². The average Bonchev–Trinajstić information content (AvgIpc) is 2.77. The molecule has 0 N–H and O–H groups in total. The van der Waals surface area contributed by atoms with E-state index in [0.29, 0.717) is 36.9 Å². The van der Waals surface area contributed by atoms with E-state index in [-0.39, 0.29) is 5.78 Å². The maximum absolute atomic E-state index is 12.2. The quantitative estimate of drug-likeness (QED) is 0.389. The Balaban J connectivity index is 1.44. The molecule has 1 aliphatic heterocycles. The highest BCUT2D eigenvalue weighted by Crippen LogP contribution is 2.29. The number of hydrogen-bond acceptors (Lipinski definition) is 6. The molecule has 0 radical (unpaired) electrons. The van der Waals surface area contributed by atoms with E-state index in [0.717, 1.165) is 51.4 Å². The first-order chi connectivity index (χ1) is 14.7. The maximum atomic E-state index is 12.2. The molecule has 0 saturated carbocycles. The molecule has 0 aliphatic carbocycles. The van der Waals surface area contributed by atoms with Crippen LogP contribution in [0.1, 0.15) is 30.1 Å². The first-order valence-electron chi connectivity index (χ1n) is 10.6. The van der Waals surface area contributed by atoms with Crippen LogP contribution in [0.3, 0.4) is 0 Å². The van der Waals surface area contributed by atoms with Crippen LogP contribution in [0, 0.1) is 0 Å². The van der Waals surface area contributed by atoms with Crippen molar-refractivity contribution in [1.82, 2.24) is 4.90 Å². The molecule has 3 rings (SSSR count). The lowest BCUT2D eigenvalue weighted by Gasteiger charge is -2.26. The fourth-order valence-corrected chi connectivity index (χ4v) is 3.30. The van der Waals surface area contributed by atoms with E-state index >= 15 is 0 Å². The summed E-state index contributed by atoms with van der Waals surface area (Å²) >= 11 is 0. The second-order valence-electron chi connectivity index (χ2n) is 7.21. The van der Waals surface area contributed by atoms with E-state index in [1.165, 1.54) is 0 Å². The SMILES string of the molecule is CC(=O)c1c(OCCCCOc2ccccc2)cccc1OCCN1CCOCC1. The van der Waals surface area contributed by atoms with Gasteiger partial charge in [-0.3, -0.25) is 9.69 Å². The third kappa shape index (κ3) is 7.04. The third-order valence-corrected chi connectivity index (χ3v) is 4.92. The van der Waals surface area contributed by atoms with E-state index < -0.39 is 0 Å². The smallest absolute Gasteiger partial charge is 0.167 e. The number of morpholine rings is 1. The van der Waals surface area contributed by atoms with Crippen LogP contribution in [0.2, 0.25) is 0 Å². The minimum absolute atomic E-state index is 0.0561. The number of nitrogens with zero attached hydrogens (tertiary/aromatic N) is 1. The zero-order valence-electron chi connectivity index (χ0n) is 17.7. The highest BCUT2D eigenvalue weighted by Gasteiger charge is 2.16. The van der Waals surface area contributed by atoms with Crippen LogP contribution in [-0.4, -0.2) is 63.4 Å². The van der Waals surface area contributed by atoms with Crippen LogP contribution >= 0.6 is 0 Å². The Morgan fingerprint density at radius 1 is 0.867 bits per heavy atom. The Morgan fingerprint density at radius 2 is 1.50 bits per heavy atom. The normalized spacial score (nSPS) is 14.3. The Labute approximate surface area is 178 Å². The molecule has 0 unspecified atom stereocenters. The van der Waals surface area contributed by atoms with Gasteiger partial charge in [-0.1, -0.05) is 24.3 Å². The first kappa shape index (κ1) is 22.1. The number of para-hydroxylation sites is 1. The number of ketones is 1. The molecule has 2 aromatic rings. The minimum atomic E-state index is -0.0561. The van der Waals surface area contributed by atoms with Gasteiger partial charge in [0, 0.05) is 19.6 Å². The van der Waals surface area contributed by atoms with Crippen molar-refractivity contribution in [3.05, 3.63) is 54.1 Å². The molecule has 6 heteroatoms. The topological polar surface area (TPSA) is 57.2 Å². The molecule has 1 aliphatic rings. The minimum Gasteiger partial charge on any atom is -0.494 e. The van der Waals surface area contributed by atoms with Crippen LogP contribution in [0.5, 0.6) is 17.2 Å². The van der Waals surface area contributed by atoms with E-state index in [9.17, 15) is 4.79 Å². The van der Waals surface area contributed by atoms with Crippen molar-refractivity contribution in [3.63, 3.8) is 0 Å². The average molecular weight is 414 g/mol. The number of carbonyl (C=O) groups excluding carboxylic acids is 1. The van der Waals surface area contributed by atoms with E-state index in [1.807, 2.05) is 48.5 Å². The third-order valence-electron chi connectivity index (χ3n) is 4.92. The Hall–Kier alpha value is -2.57. The van der Waals surface area contributed by atoms with Gasteiger partial charge in [0.2, 0.25) is 0 Å². The number of rotatable bonds is 12. The van der Waals surface area contributed by atoms with Gasteiger partial charge in [-0.15, -0.1) is 0 Å². The molecule has 1 heterocycles. The number of benzene rings is 2. The molecule has 0 aromatic heterocycles.